The first-order valence-electron chi connectivity index (χ1n) is 7.56. The summed E-state index contributed by atoms with van der Waals surface area (Å²) in [5.41, 5.74) is -0.0271. The van der Waals surface area contributed by atoms with E-state index < -0.39 is 18.0 Å². The molecule has 6 nitrogen and oxygen atoms in total. The highest BCUT2D eigenvalue weighted by Gasteiger charge is 2.52. The molecular weight excluding hydrogens is 327 g/mol. The standard InChI is InChI=1S/C15H18F3N3O3/c1-3-4-5-6-7-19-12-11-8-10(13(22)23-2)9-20-21(11)14(24-12)15(16,17)18/h8-9H,3-7H2,1-2H3. The lowest BCUT2D eigenvalue weighted by molar-refractivity contribution is -0.612. The molecule has 0 aliphatic carbocycles. The number of unbranched alkanes of at least 4 members (excludes halogenated alkanes) is 3. The van der Waals surface area contributed by atoms with Crippen LogP contribution in [0, 0.1) is 5.90 Å². The minimum Gasteiger partial charge on any atom is -0.616 e. The zero-order chi connectivity index (χ0) is 17.7. The number of alkyl halides is 3. The number of hydrogen-bond donors (Lipinski definition) is 0. The highest BCUT2D eigenvalue weighted by molar-refractivity contribution is 5.91. The van der Waals surface area contributed by atoms with E-state index in [1.807, 2.05) is 0 Å². The fourth-order valence-corrected chi connectivity index (χ4v) is 2.17. The van der Waals surface area contributed by atoms with E-state index in [-0.39, 0.29) is 16.8 Å². The van der Waals surface area contributed by atoms with Gasteiger partial charge in [0.15, 0.2) is 0 Å². The van der Waals surface area contributed by atoms with Crippen molar-refractivity contribution < 1.29 is 32.1 Å². The molecule has 0 saturated carbocycles. The number of nitrogens with zero attached hydrogens (tertiary/aromatic N) is 3. The summed E-state index contributed by atoms with van der Waals surface area (Å²) in [6.07, 6.45) is 0.0260. The first-order valence-corrected chi connectivity index (χ1v) is 7.56. The van der Waals surface area contributed by atoms with Crippen LogP contribution in [0.15, 0.2) is 17.3 Å². The van der Waals surface area contributed by atoms with Gasteiger partial charge in [-0.25, -0.2) is 4.99 Å². The summed E-state index contributed by atoms with van der Waals surface area (Å²) in [6, 6.07) is 1.22. The van der Waals surface area contributed by atoms with Crippen LogP contribution < -0.4 is 14.7 Å². The molecule has 0 radical (unpaired) electrons. The van der Waals surface area contributed by atoms with Gasteiger partial charge in [0.1, 0.15) is 6.20 Å². The zero-order valence-corrected chi connectivity index (χ0v) is 13.4. The van der Waals surface area contributed by atoms with Crippen LogP contribution in [0.1, 0.15) is 38.3 Å². The molecule has 0 amide bonds. The van der Waals surface area contributed by atoms with Gasteiger partial charge in [-0.15, -0.1) is 0 Å². The fraction of sp³-hybridized carbons (Fsp3) is 0.533. The normalized spacial score (nSPS) is 16.9. The van der Waals surface area contributed by atoms with E-state index in [1.54, 1.807) is 0 Å². The minimum atomic E-state index is -4.72. The van der Waals surface area contributed by atoms with E-state index in [9.17, 15) is 18.3 Å². The molecule has 2 rings (SSSR count). The molecule has 1 aromatic rings. The maximum atomic E-state index is 13.1. The van der Waals surface area contributed by atoms with Gasteiger partial charge >= 0.3 is 17.8 Å². The number of aliphatic imine (C=N–C) groups is 1. The average Bonchev–Trinajstić information content (AvgIpc) is 2.92. The van der Waals surface area contributed by atoms with Crippen molar-refractivity contribution in [2.45, 2.75) is 38.8 Å². The van der Waals surface area contributed by atoms with Gasteiger partial charge in [-0.2, -0.15) is 13.2 Å². The molecule has 132 valence electrons. The van der Waals surface area contributed by atoms with Crippen molar-refractivity contribution in [3.05, 3.63) is 29.1 Å². The van der Waals surface area contributed by atoms with E-state index in [2.05, 4.69) is 21.8 Å². The maximum absolute atomic E-state index is 13.1. The topological polar surface area (TPSA) is 72.7 Å². The summed E-state index contributed by atoms with van der Waals surface area (Å²) in [6.45, 7) is 2.40. The third-order valence-electron chi connectivity index (χ3n) is 3.37. The Bertz CT molecular complexity index is 745. The molecule has 0 atom stereocenters. The summed E-state index contributed by atoms with van der Waals surface area (Å²) >= 11 is 0. The Morgan fingerprint density at radius 1 is 1.38 bits per heavy atom. The summed E-state index contributed by atoms with van der Waals surface area (Å²) in [5.74, 6) is -2.19. The molecule has 2 heterocycles. The van der Waals surface area contributed by atoms with Crippen LogP contribution in [-0.4, -0.2) is 30.8 Å². The van der Waals surface area contributed by atoms with Crippen molar-refractivity contribution in [1.29, 1.82) is 0 Å². The van der Waals surface area contributed by atoms with E-state index in [0.29, 0.717) is 10.9 Å². The second-order valence-corrected chi connectivity index (χ2v) is 5.19. The molecule has 0 spiro atoms. The summed E-state index contributed by atoms with van der Waals surface area (Å²) in [5, 5.41) is 15.2. The predicted octanol–water partition coefficient (Wildman–Crippen LogP) is 0.698. The van der Waals surface area contributed by atoms with Crippen molar-refractivity contribution >= 4 is 11.8 Å². The zero-order valence-electron chi connectivity index (χ0n) is 13.4. The number of rotatable bonds is 6. The molecule has 1 aliphatic heterocycles. The van der Waals surface area contributed by atoms with Crippen molar-refractivity contribution in [2.24, 2.45) is 4.99 Å². The van der Waals surface area contributed by atoms with Gasteiger partial charge in [0, 0.05) is 22.9 Å². The number of hydrogen-bond acceptors (Lipinski definition) is 5. The number of aromatic nitrogens is 2. The molecule has 24 heavy (non-hydrogen) atoms. The molecule has 0 N–H and O–H groups in total. The van der Waals surface area contributed by atoms with Gasteiger partial charge in [-0.1, -0.05) is 26.2 Å². The van der Waals surface area contributed by atoms with Crippen LogP contribution in [-0.2, 0) is 9.47 Å². The lowest BCUT2D eigenvalue weighted by atomic mass is 10.2. The SMILES string of the molecule is CCCCCCN=C1OC(C(F)(F)F)=[n+]2nc/c(=C(/[O-])OC)cc21. The first-order chi connectivity index (χ1) is 11.4. The molecule has 0 unspecified atom stereocenters. The molecular formula is C15H18F3N3O3. The Morgan fingerprint density at radius 3 is 2.75 bits per heavy atom. The van der Waals surface area contributed by atoms with Crippen molar-refractivity contribution in [1.82, 2.24) is 5.10 Å². The summed E-state index contributed by atoms with van der Waals surface area (Å²) < 4.78 is 49.2. The number of fused-ring (bicyclic) bond motifs is 1. The van der Waals surface area contributed by atoms with E-state index in [1.165, 1.54) is 13.2 Å². The van der Waals surface area contributed by atoms with E-state index >= 15 is 0 Å². The van der Waals surface area contributed by atoms with E-state index in [4.69, 9.17) is 4.74 Å². The van der Waals surface area contributed by atoms with Gasteiger partial charge in [0.2, 0.25) is 0 Å². The largest absolute Gasteiger partial charge is 0.616 e. The Hall–Kier alpha value is -2.32. The van der Waals surface area contributed by atoms with Gasteiger partial charge in [-0.05, 0) is 17.9 Å². The van der Waals surface area contributed by atoms with Gasteiger partial charge < -0.3 is 14.6 Å². The van der Waals surface area contributed by atoms with Crippen molar-refractivity contribution in [2.75, 3.05) is 13.7 Å². The predicted molar refractivity (Wildman–Crippen MR) is 75.8 cm³/mol. The molecule has 0 bridgehead atoms. The van der Waals surface area contributed by atoms with Crippen LogP contribution in [0.3, 0.4) is 0 Å². The monoisotopic (exact) mass is 345 g/mol. The van der Waals surface area contributed by atoms with Gasteiger partial charge in [-0.3, -0.25) is 0 Å². The van der Waals surface area contributed by atoms with Gasteiger partial charge in [0.25, 0.3) is 5.90 Å². The first kappa shape index (κ1) is 18.0. The van der Waals surface area contributed by atoms with Crippen molar-refractivity contribution in [3.63, 3.8) is 0 Å². The lowest BCUT2D eigenvalue weighted by Gasteiger charge is -2.06. The minimum absolute atomic E-state index is 0.0226. The number of methoxy groups -OCH3 is 1. The fourth-order valence-electron chi connectivity index (χ4n) is 2.17. The lowest BCUT2D eigenvalue weighted by Crippen LogP contribution is -2.36. The smallest absolute Gasteiger partial charge is 0.520 e. The quantitative estimate of drug-likeness (QED) is 0.562. The van der Waals surface area contributed by atoms with Gasteiger partial charge in [0.05, 0.1) is 5.95 Å². The van der Waals surface area contributed by atoms with Crippen LogP contribution in [0.4, 0.5) is 13.2 Å². The molecule has 0 saturated heterocycles. The maximum Gasteiger partial charge on any atom is 0.520 e. The van der Waals surface area contributed by atoms with Crippen LogP contribution in [0.2, 0.25) is 0 Å². The number of ether oxygens (including phenoxy) is 2. The second kappa shape index (κ2) is 7.50. The average molecular weight is 345 g/mol. The molecule has 0 fully saturated rings. The Kier molecular flexibility index (Phi) is 5.63. The van der Waals surface area contributed by atoms with Crippen molar-refractivity contribution in [3.8, 4) is 0 Å². The molecule has 1 aromatic heterocycles. The summed E-state index contributed by atoms with van der Waals surface area (Å²) in [4.78, 5) is 4.09. The van der Waals surface area contributed by atoms with E-state index in [0.717, 1.165) is 31.9 Å². The molecule has 1 aliphatic rings. The third kappa shape index (κ3) is 3.95. The Morgan fingerprint density at radius 2 is 2.12 bits per heavy atom. The van der Waals surface area contributed by atoms with Crippen LogP contribution >= 0.6 is 0 Å². The second-order valence-electron chi connectivity index (χ2n) is 5.19. The Balaban J connectivity index is 2.41. The molecule has 9 heteroatoms. The summed E-state index contributed by atoms with van der Waals surface area (Å²) in [7, 11) is 1.18. The highest BCUT2D eigenvalue weighted by Crippen LogP contribution is 2.25. The van der Waals surface area contributed by atoms with Crippen LogP contribution in [0.5, 0.6) is 0 Å². The highest BCUT2D eigenvalue weighted by atomic mass is 19.4. The number of halogens is 3. The Labute approximate surface area is 136 Å². The van der Waals surface area contributed by atoms with Crippen LogP contribution in [0.25, 0.3) is 5.95 Å². The third-order valence-corrected chi connectivity index (χ3v) is 3.37. The molecule has 0 aromatic carbocycles.